The summed E-state index contributed by atoms with van der Waals surface area (Å²) < 4.78 is 0. The van der Waals surface area contributed by atoms with Crippen LogP contribution >= 0.6 is 11.3 Å². The van der Waals surface area contributed by atoms with Crippen molar-refractivity contribution in [3.63, 3.8) is 0 Å². The number of aliphatic hydroxyl groups is 1. The highest BCUT2D eigenvalue weighted by atomic mass is 32.1. The molecule has 0 spiro atoms. The zero-order valence-corrected chi connectivity index (χ0v) is 12.0. The van der Waals surface area contributed by atoms with Crippen molar-refractivity contribution in [1.29, 1.82) is 0 Å². The van der Waals surface area contributed by atoms with Crippen molar-refractivity contribution >= 4 is 28.3 Å². The van der Waals surface area contributed by atoms with Crippen molar-refractivity contribution in [1.82, 2.24) is 10.3 Å². The number of carbonyl (C=O) groups is 2. The maximum absolute atomic E-state index is 11.9. The third-order valence-electron chi connectivity index (χ3n) is 2.70. The average molecular weight is 305 g/mol. The maximum atomic E-state index is 11.9. The molecule has 2 rings (SSSR count). The van der Waals surface area contributed by atoms with E-state index in [0.717, 1.165) is 5.56 Å². The lowest BCUT2D eigenvalue weighted by Gasteiger charge is -2.15. The van der Waals surface area contributed by atoms with Gasteiger partial charge in [-0.25, -0.2) is 4.98 Å². The molecule has 0 unspecified atom stereocenters. The summed E-state index contributed by atoms with van der Waals surface area (Å²) >= 11 is 1.26. The Morgan fingerprint density at radius 2 is 2.05 bits per heavy atom. The van der Waals surface area contributed by atoms with Gasteiger partial charge in [0.2, 0.25) is 5.91 Å². The zero-order valence-electron chi connectivity index (χ0n) is 11.2. The van der Waals surface area contributed by atoms with Crippen LogP contribution in [0.1, 0.15) is 5.56 Å². The fourth-order valence-electron chi connectivity index (χ4n) is 1.70. The van der Waals surface area contributed by atoms with E-state index >= 15 is 0 Å². The lowest BCUT2D eigenvalue weighted by atomic mass is 10.1. The Kier molecular flexibility index (Phi) is 5.42. The average Bonchev–Trinajstić information content (AvgIpc) is 2.98. The van der Waals surface area contributed by atoms with E-state index in [1.165, 1.54) is 11.3 Å². The third kappa shape index (κ3) is 4.66. The summed E-state index contributed by atoms with van der Waals surface area (Å²) in [6, 6.07) is 8.18. The minimum Gasteiger partial charge on any atom is -0.394 e. The molecule has 0 saturated heterocycles. The third-order valence-corrected chi connectivity index (χ3v) is 3.39. The van der Waals surface area contributed by atoms with Crippen LogP contribution in [-0.4, -0.2) is 34.6 Å². The summed E-state index contributed by atoms with van der Waals surface area (Å²) in [6.07, 6.45) is 1.71. The Hall–Kier alpha value is -2.25. The van der Waals surface area contributed by atoms with Crippen LogP contribution in [0, 0.1) is 0 Å². The van der Waals surface area contributed by atoms with Gasteiger partial charge in [-0.2, -0.15) is 0 Å². The van der Waals surface area contributed by atoms with Gasteiger partial charge in [0.15, 0.2) is 5.13 Å². The number of aliphatic hydroxyl groups excluding tert-OH is 1. The number of amides is 2. The highest BCUT2D eigenvalue weighted by molar-refractivity contribution is 7.13. The highest BCUT2D eigenvalue weighted by Crippen LogP contribution is 2.10. The number of hydrogen-bond donors (Lipinski definition) is 3. The largest absolute Gasteiger partial charge is 0.394 e. The maximum Gasteiger partial charge on any atom is 0.251 e. The Labute approximate surface area is 125 Å². The fraction of sp³-hybridized carbons (Fsp3) is 0.214. The second-order valence-electron chi connectivity index (χ2n) is 4.29. The van der Waals surface area contributed by atoms with E-state index in [0.29, 0.717) is 5.13 Å². The second kappa shape index (κ2) is 7.51. The molecule has 0 saturated carbocycles. The summed E-state index contributed by atoms with van der Waals surface area (Å²) in [4.78, 5) is 27.7. The number of rotatable bonds is 6. The molecular weight excluding hydrogens is 290 g/mol. The molecule has 0 aliphatic rings. The molecule has 1 atom stereocenters. The van der Waals surface area contributed by atoms with Crippen LogP contribution < -0.4 is 10.6 Å². The molecule has 110 valence electrons. The first-order valence-electron chi connectivity index (χ1n) is 6.33. The van der Waals surface area contributed by atoms with Crippen molar-refractivity contribution < 1.29 is 14.7 Å². The van der Waals surface area contributed by atoms with Gasteiger partial charge in [0.1, 0.15) is 6.04 Å². The number of nitrogens with one attached hydrogen (secondary N) is 2. The molecule has 0 aliphatic heterocycles. The SMILES string of the molecule is O=C(Cc1ccccc1)N[C@@H](CO)C(=O)Nc1nccs1. The molecule has 0 radical (unpaired) electrons. The predicted octanol–water partition coefficient (Wildman–Crippen LogP) is 0.801. The van der Waals surface area contributed by atoms with Crippen LogP contribution in [-0.2, 0) is 16.0 Å². The molecule has 1 aromatic heterocycles. The monoisotopic (exact) mass is 305 g/mol. The Bertz CT molecular complexity index is 587. The molecular formula is C14H15N3O3S. The number of hydrogen-bond acceptors (Lipinski definition) is 5. The van der Waals surface area contributed by atoms with Gasteiger partial charge in [0, 0.05) is 11.6 Å². The number of aromatic nitrogens is 1. The van der Waals surface area contributed by atoms with Crippen LogP contribution in [0.15, 0.2) is 41.9 Å². The molecule has 0 fully saturated rings. The quantitative estimate of drug-likeness (QED) is 0.736. The van der Waals surface area contributed by atoms with Gasteiger partial charge in [0.25, 0.3) is 5.91 Å². The van der Waals surface area contributed by atoms with Gasteiger partial charge in [-0.15, -0.1) is 11.3 Å². The second-order valence-corrected chi connectivity index (χ2v) is 5.19. The number of thiazole rings is 1. The number of benzene rings is 1. The van der Waals surface area contributed by atoms with E-state index in [1.54, 1.807) is 11.6 Å². The van der Waals surface area contributed by atoms with Crippen molar-refractivity contribution in [2.45, 2.75) is 12.5 Å². The molecule has 1 aromatic carbocycles. The summed E-state index contributed by atoms with van der Waals surface area (Å²) in [6.45, 7) is -0.474. The predicted molar refractivity (Wildman–Crippen MR) is 79.9 cm³/mol. The van der Waals surface area contributed by atoms with Crippen molar-refractivity contribution in [2.24, 2.45) is 0 Å². The fourth-order valence-corrected chi connectivity index (χ4v) is 2.23. The first kappa shape index (κ1) is 15.1. The smallest absolute Gasteiger partial charge is 0.251 e. The lowest BCUT2D eigenvalue weighted by molar-refractivity contribution is -0.126. The van der Waals surface area contributed by atoms with Crippen molar-refractivity contribution in [3.05, 3.63) is 47.5 Å². The standard InChI is InChI=1S/C14H15N3O3S/c18-9-11(13(20)17-14-15-6-7-21-14)16-12(19)8-10-4-2-1-3-5-10/h1-7,11,18H,8-9H2,(H,16,19)(H,15,17,20)/t11-/m0/s1. The molecule has 21 heavy (non-hydrogen) atoms. The van der Waals surface area contributed by atoms with Gasteiger partial charge >= 0.3 is 0 Å². The number of nitrogens with zero attached hydrogens (tertiary/aromatic N) is 1. The van der Waals surface area contributed by atoms with Gasteiger partial charge < -0.3 is 15.7 Å². The Balaban J connectivity index is 1.89. The first-order valence-corrected chi connectivity index (χ1v) is 7.21. The van der Waals surface area contributed by atoms with Crippen molar-refractivity contribution in [2.75, 3.05) is 11.9 Å². The number of carbonyl (C=O) groups excluding carboxylic acids is 2. The van der Waals surface area contributed by atoms with E-state index in [-0.39, 0.29) is 12.3 Å². The lowest BCUT2D eigenvalue weighted by Crippen LogP contribution is -2.46. The summed E-state index contributed by atoms with van der Waals surface area (Å²) in [5.41, 5.74) is 0.840. The zero-order chi connectivity index (χ0) is 15.1. The molecule has 7 heteroatoms. The van der Waals surface area contributed by atoms with Crippen LogP contribution in [0.4, 0.5) is 5.13 Å². The molecule has 1 heterocycles. The molecule has 2 aromatic rings. The molecule has 2 amide bonds. The summed E-state index contributed by atoms with van der Waals surface area (Å²) in [7, 11) is 0. The van der Waals surface area contributed by atoms with Gasteiger partial charge in [-0.05, 0) is 5.56 Å². The van der Waals surface area contributed by atoms with Crippen LogP contribution in [0.25, 0.3) is 0 Å². The van der Waals surface area contributed by atoms with Crippen molar-refractivity contribution in [3.8, 4) is 0 Å². The normalized spacial score (nSPS) is 11.7. The minimum atomic E-state index is -0.995. The van der Waals surface area contributed by atoms with Gasteiger partial charge in [0.05, 0.1) is 13.0 Å². The van der Waals surface area contributed by atoms with Gasteiger partial charge in [-0.1, -0.05) is 30.3 Å². The molecule has 6 nitrogen and oxygen atoms in total. The molecule has 3 N–H and O–H groups in total. The number of anilines is 1. The van der Waals surface area contributed by atoms with E-state index in [2.05, 4.69) is 15.6 Å². The summed E-state index contributed by atoms with van der Waals surface area (Å²) in [5, 5.41) is 16.4. The van der Waals surface area contributed by atoms with E-state index in [1.807, 2.05) is 30.3 Å². The Morgan fingerprint density at radius 3 is 2.67 bits per heavy atom. The topological polar surface area (TPSA) is 91.3 Å². The van der Waals surface area contributed by atoms with Gasteiger partial charge in [-0.3, -0.25) is 9.59 Å². The van der Waals surface area contributed by atoms with Crippen LogP contribution in [0.2, 0.25) is 0 Å². The minimum absolute atomic E-state index is 0.155. The summed E-state index contributed by atoms with van der Waals surface area (Å²) in [5.74, 6) is -0.816. The Morgan fingerprint density at radius 1 is 1.29 bits per heavy atom. The van der Waals surface area contributed by atoms with E-state index in [9.17, 15) is 14.7 Å². The molecule has 0 aliphatic carbocycles. The highest BCUT2D eigenvalue weighted by Gasteiger charge is 2.20. The van der Waals surface area contributed by atoms with Crippen LogP contribution in [0.3, 0.4) is 0 Å². The molecule has 0 bridgehead atoms. The van der Waals surface area contributed by atoms with E-state index in [4.69, 9.17) is 0 Å². The first-order chi connectivity index (χ1) is 10.2. The van der Waals surface area contributed by atoms with E-state index < -0.39 is 18.6 Å². The van der Waals surface area contributed by atoms with Crippen LogP contribution in [0.5, 0.6) is 0 Å².